The molecule has 0 amide bonds. The maximum Gasteiger partial charge on any atom is 0.416 e. The van der Waals surface area contributed by atoms with Crippen molar-refractivity contribution in [2.45, 2.75) is 12.8 Å². The number of hydrogen-bond acceptors (Lipinski definition) is 3. The number of ether oxygens (including phenoxy) is 1. The van der Waals surface area contributed by atoms with Gasteiger partial charge >= 0.3 is 6.18 Å². The van der Waals surface area contributed by atoms with E-state index >= 15 is 0 Å². The van der Waals surface area contributed by atoms with Crippen molar-refractivity contribution in [1.82, 2.24) is 4.98 Å². The zero-order valence-electron chi connectivity index (χ0n) is 13.1. The van der Waals surface area contributed by atoms with Crippen molar-refractivity contribution in [2.75, 3.05) is 5.32 Å². The van der Waals surface area contributed by atoms with Gasteiger partial charge in [0.15, 0.2) is 0 Å². The molecule has 0 spiro atoms. The van der Waals surface area contributed by atoms with Crippen LogP contribution in [0.4, 0.5) is 24.7 Å². The molecule has 3 aromatic rings. The second-order valence-corrected chi connectivity index (χ2v) is 5.35. The molecule has 128 valence electrons. The zero-order valence-corrected chi connectivity index (χ0v) is 13.1. The quantitative estimate of drug-likeness (QED) is 0.671. The molecule has 2 aromatic carbocycles. The fourth-order valence-electron chi connectivity index (χ4n) is 2.20. The number of alkyl halides is 3. The Kier molecular flexibility index (Phi) is 4.88. The summed E-state index contributed by atoms with van der Waals surface area (Å²) in [4.78, 5) is 3.90. The molecule has 1 heterocycles. The normalized spacial score (nSPS) is 11.2. The summed E-state index contributed by atoms with van der Waals surface area (Å²) in [6.07, 6.45) is -3.27. The molecular weight excluding hydrogens is 329 g/mol. The van der Waals surface area contributed by atoms with Crippen LogP contribution < -0.4 is 10.1 Å². The fourth-order valence-corrected chi connectivity index (χ4v) is 2.20. The molecule has 3 rings (SSSR count). The predicted octanol–water partition coefficient (Wildman–Crippen LogP) is 5.42. The SMILES string of the molecule is FC(F)(F)c1ccnc(Nc2ccc(OCc3ccccc3)cc2)c1. The van der Waals surface area contributed by atoms with E-state index in [1.54, 1.807) is 24.3 Å². The summed E-state index contributed by atoms with van der Waals surface area (Å²) in [5.41, 5.74) is 0.935. The monoisotopic (exact) mass is 344 g/mol. The van der Waals surface area contributed by atoms with Crippen molar-refractivity contribution in [3.63, 3.8) is 0 Å². The van der Waals surface area contributed by atoms with Gasteiger partial charge in [-0.1, -0.05) is 30.3 Å². The van der Waals surface area contributed by atoms with E-state index in [-0.39, 0.29) is 5.82 Å². The molecule has 0 aliphatic carbocycles. The van der Waals surface area contributed by atoms with Crippen LogP contribution in [0.15, 0.2) is 72.9 Å². The third-order valence-corrected chi connectivity index (χ3v) is 3.46. The van der Waals surface area contributed by atoms with Gasteiger partial charge in [-0.15, -0.1) is 0 Å². The highest BCUT2D eigenvalue weighted by Gasteiger charge is 2.30. The number of hydrogen-bond donors (Lipinski definition) is 1. The lowest BCUT2D eigenvalue weighted by Gasteiger charge is -2.11. The Bertz CT molecular complexity index is 818. The van der Waals surface area contributed by atoms with Crippen LogP contribution in [0.3, 0.4) is 0 Å². The average Bonchev–Trinajstić information content (AvgIpc) is 2.62. The summed E-state index contributed by atoms with van der Waals surface area (Å²) in [5.74, 6) is 0.805. The molecule has 0 saturated heterocycles. The van der Waals surface area contributed by atoms with Crippen LogP contribution in [-0.2, 0) is 12.8 Å². The Hall–Kier alpha value is -3.02. The highest BCUT2D eigenvalue weighted by Crippen LogP contribution is 2.30. The van der Waals surface area contributed by atoms with Gasteiger partial charge in [0, 0.05) is 11.9 Å². The Labute approximate surface area is 143 Å². The third-order valence-electron chi connectivity index (χ3n) is 3.46. The smallest absolute Gasteiger partial charge is 0.416 e. The van der Waals surface area contributed by atoms with E-state index in [0.717, 1.165) is 23.9 Å². The maximum absolute atomic E-state index is 12.7. The van der Waals surface area contributed by atoms with Crippen LogP contribution in [0.2, 0.25) is 0 Å². The topological polar surface area (TPSA) is 34.2 Å². The summed E-state index contributed by atoms with van der Waals surface area (Å²) in [6, 6.07) is 18.6. The number of nitrogens with zero attached hydrogens (tertiary/aromatic N) is 1. The van der Waals surface area contributed by atoms with Crippen molar-refractivity contribution >= 4 is 11.5 Å². The van der Waals surface area contributed by atoms with E-state index in [1.807, 2.05) is 30.3 Å². The number of nitrogens with one attached hydrogen (secondary N) is 1. The van der Waals surface area contributed by atoms with Gasteiger partial charge in [0.25, 0.3) is 0 Å². The Morgan fingerprint density at radius 1 is 0.920 bits per heavy atom. The van der Waals surface area contributed by atoms with E-state index in [1.165, 1.54) is 0 Å². The highest BCUT2D eigenvalue weighted by molar-refractivity contribution is 5.57. The molecule has 0 unspecified atom stereocenters. The second kappa shape index (κ2) is 7.25. The molecule has 0 fully saturated rings. The molecule has 3 nitrogen and oxygen atoms in total. The van der Waals surface area contributed by atoms with Crippen LogP contribution in [-0.4, -0.2) is 4.98 Å². The first kappa shape index (κ1) is 16.8. The Balaban J connectivity index is 1.63. The van der Waals surface area contributed by atoms with Gasteiger partial charge in [0.05, 0.1) is 5.56 Å². The first-order valence-electron chi connectivity index (χ1n) is 7.58. The molecule has 0 aliphatic rings. The number of rotatable bonds is 5. The van der Waals surface area contributed by atoms with Crippen LogP contribution >= 0.6 is 0 Å². The van der Waals surface area contributed by atoms with Gasteiger partial charge in [-0.2, -0.15) is 13.2 Å². The van der Waals surface area contributed by atoms with Crippen molar-refractivity contribution in [3.8, 4) is 5.75 Å². The minimum absolute atomic E-state index is 0.132. The molecule has 0 bridgehead atoms. The molecule has 1 aromatic heterocycles. The summed E-state index contributed by atoms with van der Waals surface area (Å²) in [7, 11) is 0. The molecular formula is C19H15F3N2O. The van der Waals surface area contributed by atoms with Gasteiger partial charge in [-0.05, 0) is 42.0 Å². The number of aromatic nitrogens is 1. The van der Waals surface area contributed by atoms with E-state index in [4.69, 9.17) is 4.74 Å². The number of benzene rings is 2. The summed E-state index contributed by atoms with van der Waals surface area (Å²) < 4.78 is 43.8. The second-order valence-electron chi connectivity index (χ2n) is 5.35. The van der Waals surface area contributed by atoms with Crippen LogP contribution in [0, 0.1) is 0 Å². The fraction of sp³-hybridized carbons (Fsp3) is 0.105. The lowest BCUT2D eigenvalue weighted by molar-refractivity contribution is -0.137. The van der Waals surface area contributed by atoms with Gasteiger partial charge in [0.1, 0.15) is 18.2 Å². The summed E-state index contributed by atoms with van der Waals surface area (Å²) in [5, 5.41) is 2.85. The molecule has 1 N–H and O–H groups in total. The van der Waals surface area contributed by atoms with Crippen LogP contribution in [0.5, 0.6) is 5.75 Å². The van der Waals surface area contributed by atoms with Gasteiger partial charge < -0.3 is 10.1 Å². The minimum Gasteiger partial charge on any atom is -0.489 e. The van der Waals surface area contributed by atoms with Gasteiger partial charge in [-0.25, -0.2) is 4.98 Å². The van der Waals surface area contributed by atoms with E-state index in [9.17, 15) is 13.2 Å². The Morgan fingerprint density at radius 3 is 2.32 bits per heavy atom. The maximum atomic E-state index is 12.7. The van der Waals surface area contributed by atoms with Crippen LogP contribution in [0.1, 0.15) is 11.1 Å². The van der Waals surface area contributed by atoms with Crippen molar-refractivity contribution in [3.05, 3.63) is 84.1 Å². The first-order chi connectivity index (χ1) is 12.0. The van der Waals surface area contributed by atoms with Crippen molar-refractivity contribution < 1.29 is 17.9 Å². The standard InChI is InChI=1S/C19H15F3N2O/c20-19(21,22)15-10-11-23-18(12-15)24-16-6-8-17(9-7-16)25-13-14-4-2-1-3-5-14/h1-12H,13H2,(H,23,24). The number of anilines is 2. The zero-order chi connectivity index (χ0) is 17.7. The average molecular weight is 344 g/mol. The molecule has 0 atom stereocenters. The first-order valence-corrected chi connectivity index (χ1v) is 7.58. The number of pyridine rings is 1. The molecule has 0 radical (unpaired) electrons. The van der Waals surface area contributed by atoms with E-state index < -0.39 is 11.7 Å². The molecule has 0 aliphatic heterocycles. The predicted molar refractivity (Wildman–Crippen MR) is 89.7 cm³/mol. The van der Waals surface area contributed by atoms with Gasteiger partial charge in [0.2, 0.25) is 0 Å². The lowest BCUT2D eigenvalue weighted by atomic mass is 10.2. The summed E-state index contributed by atoms with van der Waals surface area (Å²) >= 11 is 0. The lowest BCUT2D eigenvalue weighted by Crippen LogP contribution is -2.06. The van der Waals surface area contributed by atoms with Crippen LogP contribution in [0.25, 0.3) is 0 Å². The molecule has 6 heteroatoms. The molecule has 0 saturated carbocycles. The Morgan fingerprint density at radius 2 is 1.64 bits per heavy atom. The van der Waals surface area contributed by atoms with Gasteiger partial charge in [-0.3, -0.25) is 0 Å². The number of halogens is 3. The highest BCUT2D eigenvalue weighted by atomic mass is 19.4. The molecule has 25 heavy (non-hydrogen) atoms. The third kappa shape index (κ3) is 4.73. The minimum atomic E-state index is -4.39. The summed E-state index contributed by atoms with van der Waals surface area (Å²) in [6.45, 7) is 0.447. The largest absolute Gasteiger partial charge is 0.489 e. The van der Waals surface area contributed by atoms with Crippen molar-refractivity contribution in [2.24, 2.45) is 0 Å². The van der Waals surface area contributed by atoms with E-state index in [2.05, 4.69) is 10.3 Å². The van der Waals surface area contributed by atoms with E-state index in [0.29, 0.717) is 18.0 Å². The van der Waals surface area contributed by atoms with Crippen molar-refractivity contribution in [1.29, 1.82) is 0 Å².